The second-order valence-corrected chi connectivity index (χ2v) is 9.37. The lowest BCUT2D eigenvalue weighted by Crippen LogP contribution is -2.12. The van der Waals surface area contributed by atoms with Crippen molar-refractivity contribution in [3.63, 3.8) is 0 Å². The van der Waals surface area contributed by atoms with Gasteiger partial charge in [-0.05, 0) is 72.1 Å². The van der Waals surface area contributed by atoms with Crippen molar-refractivity contribution >= 4 is 69.5 Å². The molecular formula is C32H28N4O6. The highest BCUT2D eigenvalue weighted by atomic mass is 16.7. The lowest BCUT2D eigenvalue weighted by atomic mass is 10.0. The Labute approximate surface area is 242 Å². The number of hydrogen-bond acceptors (Lipinski definition) is 10. The van der Waals surface area contributed by atoms with Gasteiger partial charge in [0.15, 0.2) is 0 Å². The third-order valence-electron chi connectivity index (χ3n) is 6.12. The Bertz CT molecular complexity index is 1610. The van der Waals surface area contributed by atoms with Crippen molar-refractivity contribution in [3.8, 4) is 0 Å². The molecule has 0 spiro atoms. The van der Waals surface area contributed by atoms with Crippen LogP contribution in [-0.4, -0.2) is 50.0 Å². The van der Waals surface area contributed by atoms with E-state index >= 15 is 0 Å². The Morgan fingerprint density at radius 3 is 1.57 bits per heavy atom. The number of fused-ring (bicyclic) bond motifs is 1. The molecule has 0 aliphatic heterocycles. The number of rotatable bonds is 10. The van der Waals surface area contributed by atoms with E-state index in [2.05, 4.69) is 32.1 Å². The van der Waals surface area contributed by atoms with E-state index in [1.165, 1.54) is 13.8 Å². The van der Waals surface area contributed by atoms with Gasteiger partial charge in [-0.2, -0.15) is 0 Å². The number of Topliss-reactive ketones (excluding diaryl/α,β-unsaturated/α-hetero) is 2. The zero-order valence-electron chi connectivity index (χ0n) is 23.5. The third-order valence-corrected chi connectivity index (χ3v) is 6.12. The van der Waals surface area contributed by atoms with Crippen molar-refractivity contribution in [1.82, 2.24) is 0 Å². The predicted molar refractivity (Wildman–Crippen MR) is 162 cm³/mol. The van der Waals surface area contributed by atoms with E-state index in [0.29, 0.717) is 11.1 Å². The average Bonchev–Trinajstić information content (AvgIpc) is 2.97. The van der Waals surface area contributed by atoms with E-state index in [1.807, 2.05) is 48.2 Å². The normalized spacial score (nSPS) is 11.0. The zero-order chi connectivity index (χ0) is 30.2. The van der Waals surface area contributed by atoms with Crippen molar-refractivity contribution in [1.29, 1.82) is 0 Å². The summed E-state index contributed by atoms with van der Waals surface area (Å²) in [5.74, 6) is -2.09. The van der Waals surface area contributed by atoms with Crippen LogP contribution in [0.25, 0.3) is 10.8 Å². The highest BCUT2D eigenvalue weighted by Crippen LogP contribution is 2.39. The number of nitrogens with zero attached hydrogens (tertiary/aromatic N) is 4. The molecule has 0 fully saturated rings. The van der Waals surface area contributed by atoms with Crippen LogP contribution in [0.1, 0.15) is 34.6 Å². The summed E-state index contributed by atoms with van der Waals surface area (Å²) in [7, 11) is 3.97. The topological polar surface area (TPSA) is 118 Å². The summed E-state index contributed by atoms with van der Waals surface area (Å²) in [4.78, 5) is 59.8. The fourth-order valence-corrected chi connectivity index (χ4v) is 4.15. The zero-order valence-corrected chi connectivity index (χ0v) is 23.5. The molecule has 0 unspecified atom stereocenters. The maximum Gasteiger partial charge on any atom is 0.331 e. The van der Waals surface area contributed by atoms with Gasteiger partial charge in [-0.25, -0.2) is 9.59 Å². The minimum Gasteiger partial charge on any atom is -0.378 e. The number of ketones is 2. The molecule has 212 valence electrons. The van der Waals surface area contributed by atoms with Gasteiger partial charge in [0.05, 0.1) is 5.69 Å². The van der Waals surface area contributed by atoms with Gasteiger partial charge >= 0.3 is 11.9 Å². The number of oxime groups is 2. The maximum absolute atomic E-state index is 12.5. The molecule has 0 heterocycles. The molecule has 0 saturated carbocycles. The highest BCUT2D eigenvalue weighted by molar-refractivity contribution is 6.35. The van der Waals surface area contributed by atoms with E-state index in [0.717, 1.165) is 46.0 Å². The number of benzene rings is 4. The molecule has 0 radical (unpaired) electrons. The molecule has 0 aromatic heterocycles. The summed E-state index contributed by atoms with van der Waals surface area (Å²) < 4.78 is 0. The Balaban J connectivity index is 1.76. The SMILES string of the molecule is CC(=O)O/N=C/C(=O)c1ccc(N(c2ccc(C(=O)/C=N/OC(C)=O)cc2)c2cccc3cc(N(C)C)ccc23)cc1. The fraction of sp³-hybridized carbons (Fsp3) is 0.125. The van der Waals surface area contributed by atoms with Crippen LogP contribution < -0.4 is 9.80 Å². The standard InChI is InChI=1S/C32H28N4O6/c1-21(37)41-33-19-31(39)23-8-12-26(13-9-23)36(27-14-10-24(11-15-27)32(40)20-34-42-22(2)38)30-7-5-6-25-18-28(35(3)4)16-17-29(25)30/h5-20H,1-4H3/b33-19+,34-20+. The predicted octanol–water partition coefficient (Wildman–Crippen LogP) is 5.84. The van der Waals surface area contributed by atoms with Crippen LogP contribution in [-0.2, 0) is 19.3 Å². The smallest absolute Gasteiger partial charge is 0.331 e. The summed E-state index contributed by atoms with van der Waals surface area (Å²) in [5.41, 5.74) is 4.16. The molecule has 4 aromatic carbocycles. The van der Waals surface area contributed by atoms with E-state index in [-0.39, 0.29) is 0 Å². The van der Waals surface area contributed by atoms with Crippen LogP contribution in [0.3, 0.4) is 0 Å². The van der Waals surface area contributed by atoms with Crippen molar-refractivity contribution in [2.75, 3.05) is 23.9 Å². The molecule has 4 rings (SSSR count). The van der Waals surface area contributed by atoms with Gasteiger partial charge in [-0.15, -0.1) is 0 Å². The quantitative estimate of drug-likeness (QED) is 0.102. The minimum atomic E-state index is -0.623. The van der Waals surface area contributed by atoms with Crippen LogP contribution in [0.4, 0.5) is 22.7 Å². The van der Waals surface area contributed by atoms with E-state index < -0.39 is 23.5 Å². The molecule has 0 saturated heterocycles. The number of anilines is 4. The first-order valence-electron chi connectivity index (χ1n) is 12.8. The Morgan fingerprint density at radius 2 is 1.12 bits per heavy atom. The number of hydrogen-bond donors (Lipinski definition) is 0. The Morgan fingerprint density at radius 1 is 0.643 bits per heavy atom. The van der Waals surface area contributed by atoms with Crippen molar-refractivity contribution in [3.05, 3.63) is 96.1 Å². The first-order valence-corrected chi connectivity index (χ1v) is 12.8. The molecule has 10 heteroatoms. The summed E-state index contributed by atoms with van der Waals surface area (Å²) in [6.07, 6.45) is 1.89. The van der Waals surface area contributed by atoms with Gasteiger partial charge in [0.25, 0.3) is 0 Å². The molecule has 42 heavy (non-hydrogen) atoms. The van der Waals surface area contributed by atoms with Gasteiger partial charge in [0.1, 0.15) is 12.4 Å². The fourth-order valence-electron chi connectivity index (χ4n) is 4.15. The van der Waals surface area contributed by atoms with E-state index in [9.17, 15) is 19.2 Å². The van der Waals surface area contributed by atoms with Gasteiger partial charge in [-0.3, -0.25) is 9.59 Å². The third kappa shape index (κ3) is 7.11. The molecule has 0 bridgehead atoms. The maximum atomic E-state index is 12.5. The second-order valence-electron chi connectivity index (χ2n) is 9.37. The van der Waals surface area contributed by atoms with Crippen LogP contribution >= 0.6 is 0 Å². The molecular weight excluding hydrogens is 536 g/mol. The molecule has 4 aromatic rings. The Kier molecular flexibility index (Phi) is 9.18. The molecule has 10 nitrogen and oxygen atoms in total. The highest BCUT2D eigenvalue weighted by Gasteiger charge is 2.17. The monoisotopic (exact) mass is 564 g/mol. The summed E-state index contributed by atoms with van der Waals surface area (Å²) in [6.45, 7) is 2.39. The van der Waals surface area contributed by atoms with Crippen molar-refractivity contribution in [2.45, 2.75) is 13.8 Å². The second kappa shape index (κ2) is 13.1. The van der Waals surface area contributed by atoms with Gasteiger partial charge in [0.2, 0.25) is 11.6 Å². The first-order chi connectivity index (χ1) is 20.1. The van der Waals surface area contributed by atoms with Crippen LogP contribution in [0.15, 0.2) is 95.2 Å². The summed E-state index contributed by atoms with van der Waals surface area (Å²) >= 11 is 0. The lowest BCUT2D eigenvalue weighted by molar-refractivity contribution is -0.141. The van der Waals surface area contributed by atoms with E-state index in [1.54, 1.807) is 48.5 Å². The molecule has 0 amide bonds. The Hall–Kier alpha value is -5.64. The van der Waals surface area contributed by atoms with E-state index in [4.69, 9.17) is 0 Å². The van der Waals surface area contributed by atoms with Crippen LogP contribution in [0, 0.1) is 0 Å². The molecule has 0 aliphatic rings. The van der Waals surface area contributed by atoms with Gasteiger partial charge < -0.3 is 19.5 Å². The molecule has 0 N–H and O–H groups in total. The van der Waals surface area contributed by atoms with Crippen molar-refractivity contribution < 1.29 is 28.9 Å². The van der Waals surface area contributed by atoms with Gasteiger partial charge in [-0.1, -0.05) is 28.5 Å². The minimum absolute atomic E-state index is 0.358. The van der Waals surface area contributed by atoms with Crippen LogP contribution in [0.2, 0.25) is 0 Å². The molecule has 0 aliphatic carbocycles. The largest absolute Gasteiger partial charge is 0.378 e. The summed E-state index contributed by atoms with van der Waals surface area (Å²) in [5, 5.41) is 8.83. The van der Waals surface area contributed by atoms with Gasteiger partial charge in [0, 0.05) is 61.5 Å². The van der Waals surface area contributed by atoms with Crippen LogP contribution in [0.5, 0.6) is 0 Å². The average molecular weight is 565 g/mol. The summed E-state index contributed by atoms with van der Waals surface area (Å²) in [6, 6.07) is 26.0. The molecule has 0 atom stereocenters. The lowest BCUT2D eigenvalue weighted by Gasteiger charge is -2.27. The van der Waals surface area contributed by atoms with Crippen molar-refractivity contribution in [2.24, 2.45) is 10.3 Å². The first kappa shape index (κ1) is 29.3. The number of carbonyl (C=O) groups is 4. The number of carbonyl (C=O) groups excluding carboxylic acids is 4.